The molecule has 0 unspecified atom stereocenters. The number of carboxylic acids is 1. The van der Waals surface area contributed by atoms with Crippen molar-refractivity contribution in [1.82, 2.24) is 0 Å². The number of benzene rings is 1. The van der Waals surface area contributed by atoms with Crippen LogP contribution < -0.4 is 0 Å². The van der Waals surface area contributed by atoms with Crippen molar-refractivity contribution in [3.8, 4) is 0 Å². The highest BCUT2D eigenvalue weighted by atomic mass is 32.2. The van der Waals surface area contributed by atoms with Crippen LogP contribution in [-0.2, 0) is 5.75 Å². The summed E-state index contributed by atoms with van der Waals surface area (Å²) in [5, 5.41) is 9.07. The van der Waals surface area contributed by atoms with E-state index in [9.17, 15) is 4.79 Å². The summed E-state index contributed by atoms with van der Waals surface area (Å²) in [6, 6.07) is 7.31. The average molecular weight is 250 g/mol. The van der Waals surface area contributed by atoms with Gasteiger partial charge in [0.25, 0.3) is 0 Å². The first-order chi connectivity index (χ1) is 8.27. The molecule has 0 amide bonds. The number of carboxylic acid groups (broad SMARTS) is 1. The number of carbonyl (C=O) groups is 1. The van der Waals surface area contributed by atoms with Crippen LogP contribution >= 0.6 is 11.8 Å². The zero-order chi connectivity index (χ0) is 12.1. The molecule has 1 aromatic rings. The second-order valence-electron chi connectivity index (χ2n) is 4.63. The van der Waals surface area contributed by atoms with Gasteiger partial charge in [-0.1, -0.05) is 31.0 Å². The SMILES string of the molecule is O=C(O)c1ccccc1CSCC1CCCC1. The van der Waals surface area contributed by atoms with Gasteiger partial charge in [-0.15, -0.1) is 0 Å². The summed E-state index contributed by atoms with van der Waals surface area (Å²) in [7, 11) is 0. The first-order valence-corrected chi connectivity index (χ1v) is 7.32. The molecule has 1 saturated carbocycles. The minimum atomic E-state index is -0.818. The van der Waals surface area contributed by atoms with Gasteiger partial charge >= 0.3 is 5.97 Å². The average Bonchev–Trinajstić information content (AvgIpc) is 2.82. The molecule has 1 N–H and O–H groups in total. The highest BCUT2D eigenvalue weighted by Crippen LogP contribution is 2.29. The lowest BCUT2D eigenvalue weighted by atomic mass is 10.1. The van der Waals surface area contributed by atoms with E-state index in [1.807, 2.05) is 23.9 Å². The van der Waals surface area contributed by atoms with E-state index in [4.69, 9.17) is 5.11 Å². The fourth-order valence-electron chi connectivity index (χ4n) is 2.37. The molecule has 92 valence electrons. The van der Waals surface area contributed by atoms with E-state index < -0.39 is 5.97 Å². The Kier molecular flexibility index (Phi) is 4.49. The third-order valence-corrected chi connectivity index (χ3v) is 4.56. The first kappa shape index (κ1) is 12.5. The molecule has 1 aliphatic carbocycles. The molecule has 0 aliphatic heterocycles. The molecule has 1 fully saturated rings. The number of rotatable bonds is 5. The van der Waals surface area contributed by atoms with Crippen LogP contribution in [0.4, 0.5) is 0 Å². The van der Waals surface area contributed by atoms with Crippen LogP contribution in [0.2, 0.25) is 0 Å². The van der Waals surface area contributed by atoms with Crippen LogP contribution in [-0.4, -0.2) is 16.8 Å². The molecular weight excluding hydrogens is 232 g/mol. The van der Waals surface area contributed by atoms with Crippen molar-refractivity contribution in [2.24, 2.45) is 5.92 Å². The van der Waals surface area contributed by atoms with Gasteiger partial charge in [0.05, 0.1) is 5.56 Å². The fourth-order valence-corrected chi connectivity index (χ4v) is 3.62. The molecule has 0 atom stereocenters. The highest BCUT2D eigenvalue weighted by molar-refractivity contribution is 7.98. The zero-order valence-electron chi connectivity index (χ0n) is 9.89. The Hall–Kier alpha value is -0.960. The van der Waals surface area contributed by atoms with E-state index in [2.05, 4.69) is 0 Å². The van der Waals surface area contributed by atoms with E-state index in [-0.39, 0.29) is 0 Å². The van der Waals surface area contributed by atoms with Gasteiger partial charge in [-0.25, -0.2) is 4.79 Å². The van der Waals surface area contributed by atoms with Crippen LogP contribution in [0.15, 0.2) is 24.3 Å². The summed E-state index contributed by atoms with van der Waals surface area (Å²) < 4.78 is 0. The molecule has 0 heterocycles. The van der Waals surface area contributed by atoms with Crippen molar-refractivity contribution in [3.63, 3.8) is 0 Å². The molecule has 0 bridgehead atoms. The van der Waals surface area contributed by atoms with Crippen molar-refractivity contribution < 1.29 is 9.90 Å². The third kappa shape index (κ3) is 3.50. The minimum absolute atomic E-state index is 0.450. The van der Waals surface area contributed by atoms with Crippen molar-refractivity contribution >= 4 is 17.7 Å². The zero-order valence-corrected chi connectivity index (χ0v) is 10.7. The molecule has 0 spiro atoms. The van der Waals surface area contributed by atoms with Gasteiger partial charge in [-0.3, -0.25) is 0 Å². The van der Waals surface area contributed by atoms with Gasteiger partial charge in [-0.05, 0) is 36.1 Å². The number of aromatic carboxylic acids is 1. The maximum atomic E-state index is 11.0. The summed E-state index contributed by atoms with van der Waals surface area (Å²) in [6.07, 6.45) is 5.45. The van der Waals surface area contributed by atoms with E-state index in [0.29, 0.717) is 5.56 Å². The predicted octanol–water partition coefficient (Wildman–Crippen LogP) is 3.81. The van der Waals surface area contributed by atoms with Crippen LogP contribution in [0.5, 0.6) is 0 Å². The van der Waals surface area contributed by atoms with Gasteiger partial charge in [0, 0.05) is 5.75 Å². The molecule has 0 radical (unpaired) electrons. The highest BCUT2D eigenvalue weighted by Gasteiger charge is 2.15. The molecule has 1 aliphatic rings. The van der Waals surface area contributed by atoms with Crippen LogP contribution in [0.1, 0.15) is 41.6 Å². The standard InChI is InChI=1S/C14H18O2S/c15-14(16)13-8-4-3-7-12(13)10-17-9-11-5-1-2-6-11/h3-4,7-8,11H,1-2,5-6,9-10H2,(H,15,16). The molecular formula is C14H18O2S. The van der Waals surface area contributed by atoms with Crippen molar-refractivity contribution in [3.05, 3.63) is 35.4 Å². The van der Waals surface area contributed by atoms with Crippen LogP contribution in [0, 0.1) is 5.92 Å². The lowest BCUT2D eigenvalue weighted by Gasteiger charge is -2.09. The van der Waals surface area contributed by atoms with E-state index in [0.717, 1.165) is 17.2 Å². The Bertz CT molecular complexity index is 384. The second-order valence-corrected chi connectivity index (χ2v) is 5.66. The molecule has 1 aromatic carbocycles. The van der Waals surface area contributed by atoms with Crippen molar-refractivity contribution in [2.45, 2.75) is 31.4 Å². The Morgan fingerprint density at radius 1 is 1.29 bits per heavy atom. The molecule has 17 heavy (non-hydrogen) atoms. The minimum Gasteiger partial charge on any atom is -0.478 e. The molecule has 0 aromatic heterocycles. The van der Waals surface area contributed by atoms with Gasteiger partial charge in [0.15, 0.2) is 0 Å². The second kappa shape index (κ2) is 6.10. The number of hydrogen-bond acceptors (Lipinski definition) is 2. The summed E-state index contributed by atoms with van der Waals surface area (Å²) >= 11 is 1.87. The summed E-state index contributed by atoms with van der Waals surface area (Å²) in [4.78, 5) is 11.0. The Labute approximate surface area is 106 Å². The largest absolute Gasteiger partial charge is 0.478 e. The quantitative estimate of drug-likeness (QED) is 0.863. The Morgan fingerprint density at radius 3 is 2.71 bits per heavy atom. The van der Waals surface area contributed by atoms with Gasteiger partial charge in [-0.2, -0.15) is 11.8 Å². The first-order valence-electron chi connectivity index (χ1n) is 6.16. The Morgan fingerprint density at radius 2 is 2.00 bits per heavy atom. The van der Waals surface area contributed by atoms with Gasteiger partial charge in [0.2, 0.25) is 0 Å². The van der Waals surface area contributed by atoms with Crippen LogP contribution in [0.25, 0.3) is 0 Å². The van der Waals surface area contributed by atoms with Crippen LogP contribution in [0.3, 0.4) is 0 Å². The molecule has 2 rings (SSSR count). The maximum absolute atomic E-state index is 11.0. The van der Waals surface area contributed by atoms with Crippen molar-refractivity contribution in [1.29, 1.82) is 0 Å². The third-order valence-electron chi connectivity index (χ3n) is 3.33. The van der Waals surface area contributed by atoms with Gasteiger partial charge in [0.1, 0.15) is 0 Å². The fraction of sp³-hybridized carbons (Fsp3) is 0.500. The van der Waals surface area contributed by atoms with Gasteiger partial charge < -0.3 is 5.11 Å². The van der Waals surface area contributed by atoms with E-state index in [1.54, 1.807) is 12.1 Å². The monoisotopic (exact) mass is 250 g/mol. The summed E-state index contributed by atoms with van der Waals surface area (Å²) in [6.45, 7) is 0. The number of hydrogen-bond donors (Lipinski definition) is 1. The Balaban J connectivity index is 1.87. The summed E-state index contributed by atoms with van der Waals surface area (Å²) in [5.41, 5.74) is 1.40. The maximum Gasteiger partial charge on any atom is 0.335 e. The molecule has 3 heteroatoms. The number of thioether (sulfide) groups is 1. The molecule has 0 saturated heterocycles. The van der Waals surface area contributed by atoms with Crippen molar-refractivity contribution in [2.75, 3.05) is 5.75 Å². The lowest BCUT2D eigenvalue weighted by molar-refractivity contribution is 0.0696. The smallest absolute Gasteiger partial charge is 0.335 e. The predicted molar refractivity (Wildman–Crippen MR) is 71.5 cm³/mol. The topological polar surface area (TPSA) is 37.3 Å². The summed E-state index contributed by atoms with van der Waals surface area (Å²) in [5.74, 6) is 2.03. The van der Waals surface area contributed by atoms with E-state index >= 15 is 0 Å². The molecule has 2 nitrogen and oxygen atoms in total. The lowest BCUT2D eigenvalue weighted by Crippen LogP contribution is -2.02. The normalized spacial score (nSPS) is 16.2. The van der Waals surface area contributed by atoms with E-state index in [1.165, 1.54) is 31.4 Å².